The van der Waals surface area contributed by atoms with E-state index in [4.69, 9.17) is 15.2 Å². The number of benzene rings is 3. The molecule has 1 unspecified atom stereocenters. The van der Waals surface area contributed by atoms with Gasteiger partial charge in [-0.1, -0.05) is 60.7 Å². The molecular weight excluding hydrogens is 350 g/mol. The highest BCUT2D eigenvalue weighted by Crippen LogP contribution is 2.35. The van der Waals surface area contributed by atoms with E-state index in [1.807, 2.05) is 66.7 Å². The van der Waals surface area contributed by atoms with Gasteiger partial charge in [-0.15, -0.1) is 0 Å². The second-order valence-electron chi connectivity index (χ2n) is 7.01. The Bertz CT molecular complexity index is 954. The minimum absolute atomic E-state index is 0.0274. The Morgan fingerprint density at radius 1 is 0.821 bits per heavy atom. The number of aryl methyl sites for hydroxylation is 1. The summed E-state index contributed by atoms with van der Waals surface area (Å²) in [5, 5.41) is 0. The fourth-order valence-corrected chi connectivity index (χ4v) is 3.38. The third-order valence-corrected chi connectivity index (χ3v) is 4.97. The van der Waals surface area contributed by atoms with E-state index in [2.05, 4.69) is 0 Å². The van der Waals surface area contributed by atoms with Crippen molar-refractivity contribution in [3.63, 3.8) is 0 Å². The molecule has 0 heterocycles. The van der Waals surface area contributed by atoms with Crippen LogP contribution >= 0.6 is 0 Å². The summed E-state index contributed by atoms with van der Waals surface area (Å²) in [4.78, 5) is 12.5. The van der Waals surface area contributed by atoms with Gasteiger partial charge in [-0.3, -0.25) is 4.79 Å². The first-order valence-electron chi connectivity index (χ1n) is 9.51. The van der Waals surface area contributed by atoms with Crippen molar-refractivity contribution in [2.45, 2.75) is 32.1 Å². The lowest BCUT2D eigenvalue weighted by atomic mass is 9.87. The molecule has 3 aromatic carbocycles. The Morgan fingerprint density at radius 3 is 1.93 bits per heavy atom. The number of hydrogen-bond acceptors (Lipinski definition) is 4. The van der Waals surface area contributed by atoms with Crippen LogP contribution in [0.4, 0.5) is 0 Å². The average molecular weight is 373 g/mol. The van der Waals surface area contributed by atoms with Gasteiger partial charge < -0.3 is 15.2 Å². The number of fused-ring (bicyclic) bond motifs is 1. The van der Waals surface area contributed by atoms with Crippen molar-refractivity contribution in [2.24, 2.45) is 5.73 Å². The van der Waals surface area contributed by atoms with Crippen molar-refractivity contribution in [1.82, 2.24) is 0 Å². The van der Waals surface area contributed by atoms with Crippen LogP contribution in [-0.2, 0) is 19.6 Å². The van der Waals surface area contributed by atoms with Crippen LogP contribution in [-0.4, -0.2) is 11.8 Å². The molecule has 4 nitrogen and oxygen atoms in total. The molecular formula is C24H23NO3. The Labute approximate surface area is 164 Å². The van der Waals surface area contributed by atoms with Gasteiger partial charge in [-0.2, -0.15) is 0 Å². The molecule has 0 spiro atoms. The topological polar surface area (TPSA) is 61.6 Å². The van der Waals surface area contributed by atoms with Gasteiger partial charge in [-0.25, -0.2) is 0 Å². The largest absolute Gasteiger partial charge is 0.485 e. The lowest BCUT2D eigenvalue weighted by molar-refractivity contribution is 0.0947. The third kappa shape index (κ3) is 4.07. The van der Waals surface area contributed by atoms with Crippen molar-refractivity contribution < 1.29 is 14.3 Å². The van der Waals surface area contributed by atoms with Crippen LogP contribution in [0.15, 0.2) is 72.8 Å². The van der Waals surface area contributed by atoms with Crippen LogP contribution in [0.3, 0.4) is 0 Å². The first kappa shape index (κ1) is 18.3. The van der Waals surface area contributed by atoms with E-state index < -0.39 is 6.04 Å². The molecule has 1 aliphatic carbocycles. The van der Waals surface area contributed by atoms with Gasteiger partial charge in [0.2, 0.25) is 0 Å². The molecule has 1 aliphatic rings. The van der Waals surface area contributed by atoms with Crippen molar-refractivity contribution in [3.05, 3.63) is 95.1 Å². The van der Waals surface area contributed by atoms with Gasteiger partial charge in [0.15, 0.2) is 17.3 Å². The Balaban J connectivity index is 1.61. The first-order valence-corrected chi connectivity index (χ1v) is 9.51. The Hall–Kier alpha value is -3.11. The molecule has 0 fully saturated rings. The highest BCUT2D eigenvalue weighted by atomic mass is 16.5. The summed E-state index contributed by atoms with van der Waals surface area (Å²) in [6.07, 6.45) is 1.43. The smallest absolute Gasteiger partial charge is 0.179 e. The van der Waals surface area contributed by atoms with Crippen molar-refractivity contribution in [1.29, 1.82) is 0 Å². The van der Waals surface area contributed by atoms with Gasteiger partial charge in [0.05, 0.1) is 6.04 Å². The predicted molar refractivity (Wildman–Crippen MR) is 109 cm³/mol. The minimum atomic E-state index is -0.439. The zero-order chi connectivity index (χ0) is 19.3. The second-order valence-corrected chi connectivity index (χ2v) is 7.01. The predicted octanol–water partition coefficient (Wildman–Crippen LogP) is 4.30. The average Bonchev–Trinajstić information content (AvgIpc) is 2.75. The summed E-state index contributed by atoms with van der Waals surface area (Å²) in [5.41, 5.74) is 9.71. The van der Waals surface area contributed by atoms with Crippen LogP contribution in [0.1, 0.15) is 33.5 Å². The number of nitrogens with two attached hydrogens (primary N) is 1. The molecule has 0 saturated carbocycles. The lowest BCUT2D eigenvalue weighted by Crippen LogP contribution is -2.35. The van der Waals surface area contributed by atoms with Gasteiger partial charge in [0.25, 0.3) is 0 Å². The highest BCUT2D eigenvalue weighted by molar-refractivity contribution is 6.02. The number of ether oxygens (including phenoxy) is 2. The summed E-state index contributed by atoms with van der Waals surface area (Å²) in [7, 11) is 0. The molecule has 2 N–H and O–H groups in total. The number of carbonyl (C=O) groups excluding carboxylic acids is 1. The minimum Gasteiger partial charge on any atom is -0.485 e. The van der Waals surface area contributed by atoms with Crippen molar-refractivity contribution in [2.75, 3.05) is 0 Å². The van der Waals surface area contributed by atoms with E-state index in [1.54, 1.807) is 6.07 Å². The second kappa shape index (κ2) is 8.28. The van der Waals surface area contributed by atoms with Crippen LogP contribution in [0.5, 0.6) is 11.5 Å². The van der Waals surface area contributed by atoms with E-state index in [9.17, 15) is 4.79 Å². The molecule has 1 atom stereocenters. The first-order chi connectivity index (χ1) is 13.7. The number of carbonyl (C=O) groups is 1. The number of rotatable bonds is 6. The van der Waals surface area contributed by atoms with E-state index >= 15 is 0 Å². The SMILES string of the molecule is NC1CCc2cc(OCc3ccccc3)c(OCc3ccccc3)cc2C1=O. The van der Waals surface area contributed by atoms with Crippen LogP contribution in [0.25, 0.3) is 0 Å². The normalized spacial score (nSPS) is 15.8. The summed E-state index contributed by atoms with van der Waals surface area (Å²) in [5.74, 6) is 1.20. The quantitative estimate of drug-likeness (QED) is 0.700. The van der Waals surface area contributed by atoms with Gasteiger partial charge >= 0.3 is 0 Å². The Morgan fingerprint density at radius 2 is 1.36 bits per heavy atom. The van der Waals surface area contributed by atoms with Gasteiger partial charge in [-0.05, 0) is 41.7 Å². The van der Waals surface area contributed by atoms with E-state index in [0.717, 1.165) is 23.1 Å². The molecule has 0 bridgehead atoms. The maximum Gasteiger partial charge on any atom is 0.179 e. The number of hydrogen-bond donors (Lipinski definition) is 1. The zero-order valence-electron chi connectivity index (χ0n) is 15.6. The van der Waals surface area contributed by atoms with E-state index in [-0.39, 0.29) is 5.78 Å². The molecule has 0 aromatic heterocycles. The van der Waals surface area contributed by atoms with Crippen molar-refractivity contribution in [3.8, 4) is 11.5 Å². The fraction of sp³-hybridized carbons (Fsp3) is 0.208. The lowest BCUT2D eigenvalue weighted by Gasteiger charge is -2.23. The molecule has 0 amide bonds. The highest BCUT2D eigenvalue weighted by Gasteiger charge is 2.26. The third-order valence-electron chi connectivity index (χ3n) is 4.97. The molecule has 0 aliphatic heterocycles. The molecule has 142 valence electrons. The molecule has 3 aromatic rings. The molecule has 0 radical (unpaired) electrons. The van der Waals surface area contributed by atoms with Gasteiger partial charge in [0, 0.05) is 5.56 Å². The number of ketones is 1. The van der Waals surface area contributed by atoms with Crippen LogP contribution in [0, 0.1) is 0 Å². The summed E-state index contributed by atoms with van der Waals surface area (Å²) in [6.45, 7) is 0.844. The standard InChI is InChI=1S/C24H23NO3/c25-21-12-11-19-13-22(27-15-17-7-3-1-4-8-17)23(14-20(19)24(21)26)28-16-18-9-5-2-6-10-18/h1-10,13-14,21H,11-12,15-16,25H2. The molecule has 4 heteroatoms. The van der Waals surface area contributed by atoms with Crippen molar-refractivity contribution >= 4 is 5.78 Å². The number of Topliss-reactive ketones (excluding diaryl/α,β-unsaturated/α-hetero) is 1. The fourth-order valence-electron chi connectivity index (χ4n) is 3.38. The Kier molecular flexibility index (Phi) is 5.40. The zero-order valence-corrected chi connectivity index (χ0v) is 15.6. The van der Waals surface area contributed by atoms with E-state index in [0.29, 0.717) is 36.7 Å². The van der Waals surface area contributed by atoms with E-state index in [1.165, 1.54) is 0 Å². The summed E-state index contributed by atoms with van der Waals surface area (Å²) < 4.78 is 12.1. The summed E-state index contributed by atoms with van der Waals surface area (Å²) in [6, 6.07) is 23.2. The molecule has 4 rings (SSSR count). The molecule has 0 saturated heterocycles. The van der Waals surface area contributed by atoms with Gasteiger partial charge in [0.1, 0.15) is 13.2 Å². The van der Waals surface area contributed by atoms with Crippen LogP contribution < -0.4 is 15.2 Å². The monoisotopic (exact) mass is 373 g/mol. The van der Waals surface area contributed by atoms with Crippen LogP contribution in [0.2, 0.25) is 0 Å². The maximum absolute atomic E-state index is 12.5. The molecule has 28 heavy (non-hydrogen) atoms. The summed E-state index contributed by atoms with van der Waals surface area (Å²) >= 11 is 0. The maximum atomic E-state index is 12.5.